The molecule has 17 heavy (non-hydrogen) atoms. The maximum atomic E-state index is 6.16. The van der Waals surface area contributed by atoms with E-state index in [0.717, 1.165) is 25.3 Å². The number of piperidine rings is 1. The lowest BCUT2D eigenvalue weighted by atomic mass is 9.79. The lowest BCUT2D eigenvalue weighted by Gasteiger charge is -2.43. The van der Waals surface area contributed by atoms with E-state index in [0.29, 0.717) is 6.04 Å². The van der Waals surface area contributed by atoms with Crippen LogP contribution in [0.4, 0.5) is 5.69 Å². The number of rotatable bonds is 2. The van der Waals surface area contributed by atoms with E-state index in [1.165, 1.54) is 5.69 Å². The van der Waals surface area contributed by atoms with E-state index >= 15 is 0 Å². The van der Waals surface area contributed by atoms with Gasteiger partial charge in [0, 0.05) is 30.9 Å². The Morgan fingerprint density at radius 1 is 1.41 bits per heavy atom. The first kappa shape index (κ1) is 12.2. The number of methoxy groups -OCH3 is 1. The first-order valence-electron chi connectivity index (χ1n) is 6.17. The number of ether oxygens (including phenoxy) is 1. The molecule has 1 aromatic rings. The highest BCUT2D eigenvalue weighted by atomic mass is 16.5. The van der Waals surface area contributed by atoms with Gasteiger partial charge in [-0.25, -0.2) is 0 Å². The number of benzene rings is 1. The van der Waals surface area contributed by atoms with Gasteiger partial charge in [-0.2, -0.15) is 0 Å². The topological polar surface area (TPSA) is 38.5 Å². The van der Waals surface area contributed by atoms with Crippen molar-refractivity contribution in [2.75, 3.05) is 25.1 Å². The van der Waals surface area contributed by atoms with Crippen molar-refractivity contribution in [1.82, 2.24) is 0 Å². The molecule has 94 valence electrons. The summed E-state index contributed by atoms with van der Waals surface area (Å²) in [5.41, 5.74) is 7.55. The molecule has 2 N–H and O–H groups in total. The van der Waals surface area contributed by atoms with Crippen LogP contribution < -0.4 is 15.4 Å². The Morgan fingerprint density at radius 2 is 2.18 bits per heavy atom. The molecule has 0 amide bonds. The minimum absolute atomic E-state index is 0.168. The molecule has 1 unspecified atom stereocenters. The van der Waals surface area contributed by atoms with Gasteiger partial charge in [0.1, 0.15) is 5.75 Å². The molecule has 0 aromatic heterocycles. The third kappa shape index (κ3) is 2.55. The molecule has 3 nitrogen and oxygen atoms in total. The van der Waals surface area contributed by atoms with Gasteiger partial charge in [0.2, 0.25) is 0 Å². The smallest absolute Gasteiger partial charge is 0.120 e. The van der Waals surface area contributed by atoms with E-state index in [1.807, 2.05) is 12.1 Å². The van der Waals surface area contributed by atoms with Gasteiger partial charge >= 0.3 is 0 Å². The Bertz CT molecular complexity index is 390. The van der Waals surface area contributed by atoms with Crippen LogP contribution in [0.2, 0.25) is 0 Å². The first-order chi connectivity index (χ1) is 8.03. The molecule has 2 rings (SSSR count). The quantitative estimate of drug-likeness (QED) is 0.853. The second-order valence-corrected chi connectivity index (χ2v) is 5.51. The Labute approximate surface area is 104 Å². The van der Waals surface area contributed by atoms with Gasteiger partial charge in [-0.1, -0.05) is 19.9 Å². The highest BCUT2D eigenvalue weighted by Gasteiger charge is 2.33. The minimum Gasteiger partial charge on any atom is -0.497 e. The molecule has 1 aliphatic heterocycles. The van der Waals surface area contributed by atoms with Crippen LogP contribution in [0.5, 0.6) is 5.75 Å². The second-order valence-electron chi connectivity index (χ2n) is 5.51. The summed E-state index contributed by atoms with van der Waals surface area (Å²) < 4.78 is 5.27. The zero-order chi connectivity index (χ0) is 12.5. The summed E-state index contributed by atoms with van der Waals surface area (Å²) in [6.45, 7) is 6.51. The lowest BCUT2D eigenvalue weighted by Crippen LogP contribution is -2.52. The molecular formula is C14H22N2O. The fourth-order valence-electron chi connectivity index (χ4n) is 2.40. The van der Waals surface area contributed by atoms with Crippen LogP contribution in [0, 0.1) is 5.41 Å². The summed E-state index contributed by atoms with van der Waals surface area (Å²) >= 11 is 0. The number of hydrogen-bond acceptors (Lipinski definition) is 3. The van der Waals surface area contributed by atoms with Gasteiger partial charge < -0.3 is 15.4 Å². The molecule has 1 fully saturated rings. The van der Waals surface area contributed by atoms with Crippen LogP contribution in [-0.4, -0.2) is 26.2 Å². The molecule has 1 aliphatic rings. The third-order valence-corrected chi connectivity index (χ3v) is 3.73. The van der Waals surface area contributed by atoms with Gasteiger partial charge in [-0.15, -0.1) is 0 Å². The Morgan fingerprint density at radius 3 is 2.82 bits per heavy atom. The maximum absolute atomic E-state index is 6.16. The van der Waals surface area contributed by atoms with Gasteiger partial charge in [-0.05, 0) is 24.0 Å². The second kappa shape index (κ2) is 4.57. The monoisotopic (exact) mass is 234 g/mol. The van der Waals surface area contributed by atoms with Crippen LogP contribution in [-0.2, 0) is 0 Å². The molecule has 0 aliphatic carbocycles. The molecule has 1 aromatic carbocycles. The van der Waals surface area contributed by atoms with Crippen molar-refractivity contribution >= 4 is 5.69 Å². The van der Waals surface area contributed by atoms with Crippen LogP contribution in [0.1, 0.15) is 20.3 Å². The minimum atomic E-state index is 0.168. The SMILES string of the molecule is COc1cccc(N2CCC(N)C(C)(C)C2)c1. The summed E-state index contributed by atoms with van der Waals surface area (Å²) in [5, 5.41) is 0. The number of nitrogens with two attached hydrogens (primary N) is 1. The number of anilines is 1. The Kier molecular flexibility index (Phi) is 3.29. The standard InChI is InChI=1S/C14H22N2O/c1-14(2)10-16(8-7-13(14)15)11-5-4-6-12(9-11)17-3/h4-6,9,13H,7-8,10,15H2,1-3H3. The van der Waals surface area contributed by atoms with Crippen molar-refractivity contribution in [3.8, 4) is 5.75 Å². The van der Waals surface area contributed by atoms with Gasteiger partial charge in [0.15, 0.2) is 0 Å². The van der Waals surface area contributed by atoms with Crippen molar-refractivity contribution in [3.05, 3.63) is 24.3 Å². The molecule has 1 atom stereocenters. The zero-order valence-electron chi connectivity index (χ0n) is 10.9. The molecule has 0 spiro atoms. The van der Waals surface area contributed by atoms with E-state index in [2.05, 4.69) is 30.9 Å². The van der Waals surface area contributed by atoms with Crippen LogP contribution in [0.3, 0.4) is 0 Å². The summed E-state index contributed by atoms with van der Waals surface area (Å²) in [6, 6.07) is 8.53. The molecule has 1 saturated heterocycles. The Hall–Kier alpha value is -1.22. The van der Waals surface area contributed by atoms with Crippen molar-refractivity contribution < 1.29 is 4.74 Å². The normalized spacial score (nSPS) is 23.5. The molecule has 0 radical (unpaired) electrons. The molecular weight excluding hydrogens is 212 g/mol. The predicted molar refractivity (Wildman–Crippen MR) is 71.6 cm³/mol. The summed E-state index contributed by atoms with van der Waals surface area (Å²) in [4.78, 5) is 2.39. The Balaban J connectivity index is 2.17. The zero-order valence-corrected chi connectivity index (χ0v) is 10.9. The molecule has 0 bridgehead atoms. The van der Waals surface area contributed by atoms with E-state index in [9.17, 15) is 0 Å². The average Bonchev–Trinajstić information content (AvgIpc) is 2.32. The largest absolute Gasteiger partial charge is 0.497 e. The number of hydrogen-bond donors (Lipinski definition) is 1. The van der Waals surface area contributed by atoms with E-state index < -0.39 is 0 Å². The van der Waals surface area contributed by atoms with Crippen molar-refractivity contribution in [2.24, 2.45) is 11.1 Å². The highest BCUT2D eigenvalue weighted by Crippen LogP contribution is 2.32. The third-order valence-electron chi connectivity index (χ3n) is 3.73. The van der Waals surface area contributed by atoms with Gasteiger partial charge in [0.25, 0.3) is 0 Å². The average molecular weight is 234 g/mol. The maximum Gasteiger partial charge on any atom is 0.120 e. The van der Waals surface area contributed by atoms with Crippen molar-refractivity contribution in [1.29, 1.82) is 0 Å². The van der Waals surface area contributed by atoms with E-state index in [-0.39, 0.29) is 5.41 Å². The summed E-state index contributed by atoms with van der Waals surface area (Å²) in [5.74, 6) is 0.912. The summed E-state index contributed by atoms with van der Waals surface area (Å²) in [7, 11) is 1.70. The molecule has 0 saturated carbocycles. The number of nitrogens with zero attached hydrogens (tertiary/aromatic N) is 1. The predicted octanol–water partition coefficient (Wildman–Crippen LogP) is 2.26. The van der Waals surface area contributed by atoms with Gasteiger partial charge in [0.05, 0.1) is 7.11 Å². The summed E-state index contributed by atoms with van der Waals surface area (Å²) in [6.07, 6.45) is 1.05. The fourth-order valence-corrected chi connectivity index (χ4v) is 2.40. The van der Waals surface area contributed by atoms with Crippen LogP contribution in [0.15, 0.2) is 24.3 Å². The molecule has 1 heterocycles. The first-order valence-corrected chi connectivity index (χ1v) is 6.17. The van der Waals surface area contributed by atoms with Gasteiger partial charge in [-0.3, -0.25) is 0 Å². The molecule has 3 heteroatoms. The van der Waals surface area contributed by atoms with Crippen LogP contribution in [0.25, 0.3) is 0 Å². The van der Waals surface area contributed by atoms with Crippen LogP contribution >= 0.6 is 0 Å². The highest BCUT2D eigenvalue weighted by molar-refractivity contribution is 5.51. The van der Waals surface area contributed by atoms with E-state index in [1.54, 1.807) is 7.11 Å². The lowest BCUT2D eigenvalue weighted by molar-refractivity contribution is 0.245. The van der Waals surface area contributed by atoms with E-state index in [4.69, 9.17) is 10.5 Å². The fraction of sp³-hybridized carbons (Fsp3) is 0.571. The van der Waals surface area contributed by atoms with Crippen molar-refractivity contribution in [2.45, 2.75) is 26.3 Å². The van der Waals surface area contributed by atoms with Crippen molar-refractivity contribution in [3.63, 3.8) is 0 Å².